The Morgan fingerprint density at radius 3 is 2.22 bits per heavy atom. The van der Waals surface area contributed by atoms with E-state index in [-0.39, 0.29) is 17.0 Å². The summed E-state index contributed by atoms with van der Waals surface area (Å²) in [5.41, 5.74) is -0.147. The first-order chi connectivity index (χ1) is 12.4. The lowest BCUT2D eigenvalue weighted by Gasteiger charge is -2.32. The fourth-order valence-electron chi connectivity index (χ4n) is 2.89. The molecule has 7 nitrogen and oxygen atoms in total. The molecule has 9 heteroatoms. The first-order valence-electron chi connectivity index (χ1n) is 8.57. The number of sulfonamides is 1. The first-order valence-corrected chi connectivity index (χ1v) is 10.1. The van der Waals surface area contributed by atoms with E-state index in [1.165, 1.54) is 16.7 Å². The van der Waals surface area contributed by atoms with Crippen LogP contribution in [-0.4, -0.2) is 31.3 Å². The Balaban J connectivity index is 1.96. The molecule has 1 saturated heterocycles. The van der Waals surface area contributed by atoms with Crippen molar-refractivity contribution < 1.29 is 17.7 Å². The van der Waals surface area contributed by atoms with Gasteiger partial charge in [0.05, 0.1) is 22.6 Å². The average Bonchev–Trinajstić information content (AvgIpc) is 2.77. The van der Waals surface area contributed by atoms with Gasteiger partial charge >= 0.3 is 7.12 Å². The maximum atomic E-state index is 12.3. The quantitative estimate of drug-likeness (QED) is 0.780. The Morgan fingerprint density at radius 1 is 1.04 bits per heavy atom. The monoisotopic (exact) mass is 390 g/mol. The molecule has 0 unspecified atom stereocenters. The van der Waals surface area contributed by atoms with E-state index in [2.05, 4.69) is 0 Å². The van der Waals surface area contributed by atoms with Gasteiger partial charge in [-0.15, -0.1) is 0 Å². The van der Waals surface area contributed by atoms with E-state index in [1.54, 1.807) is 30.5 Å². The summed E-state index contributed by atoms with van der Waals surface area (Å²) in [5, 5.41) is 5.28. The number of nitrogens with zero attached hydrogens (tertiary/aromatic N) is 1. The molecule has 0 aliphatic carbocycles. The van der Waals surface area contributed by atoms with Crippen LogP contribution in [-0.2, 0) is 25.9 Å². The minimum absolute atomic E-state index is 0.00191. The standard InChI is InChI=1S/C18H23BN2O5S/c1-17(2)18(3,4)26-19(25-17)14-9-10-16(22)21(12-14)11-13-7-5-6-8-15(13)27(20,23)24/h5-10,12H,11H2,1-4H3,(H2,20,23,24). The van der Waals surface area contributed by atoms with Gasteiger partial charge in [-0.25, -0.2) is 13.6 Å². The van der Waals surface area contributed by atoms with E-state index in [4.69, 9.17) is 14.4 Å². The minimum Gasteiger partial charge on any atom is -0.399 e. The highest BCUT2D eigenvalue weighted by Crippen LogP contribution is 2.36. The molecule has 0 radical (unpaired) electrons. The van der Waals surface area contributed by atoms with Crippen LogP contribution in [0.25, 0.3) is 0 Å². The van der Waals surface area contributed by atoms with E-state index in [0.29, 0.717) is 11.0 Å². The lowest BCUT2D eigenvalue weighted by molar-refractivity contribution is 0.00578. The zero-order valence-electron chi connectivity index (χ0n) is 15.8. The summed E-state index contributed by atoms with van der Waals surface area (Å²) in [7, 11) is -4.50. The second kappa shape index (κ2) is 6.59. The van der Waals surface area contributed by atoms with E-state index < -0.39 is 28.3 Å². The topological polar surface area (TPSA) is 101 Å². The summed E-state index contributed by atoms with van der Waals surface area (Å²) in [6.07, 6.45) is 1.63. The minimum atomic E-state index is -3.89. The summed E-state index contributed by atoms with van der Waals surface area (Å²) < 4.78 is 37.1. The molecule has 1 aliphatic rings. The Bertz CT molecular complexity index is 1010. The Hall–Kier alpha value is -1.94. The van der Waals surface area contributed by atoms with Crippen LogP contribution in [0.5, 0.6) is 0 Å². The molecule has 1 aliphatic heterocycles. The molecular formula is C18H23BN2O5S. The normalized spacial score (nSPS) is 18.6. The van der Waals surface area contributed by atoms with Crippen LogP contribution in [0.15, 0.2) is 52.3 Å². The van der Waals surface area contributed by atoms with Gasteiger partial charge in [-0.3, -0.25) is 4.79 Å². The molecule has 0 amide bonds. The zero-order valence-corrected chi connectivity index (χ0v) is 16.6. The fourth-order valence-corrected chi connectivity index (χ4v) is 3.65. The SMILES string of the molecule is CC1(C)OB(c2ccc(=O)n(Cc3ccccc3S(N)(=O)=O)c2)OC1(C)C. The first kappa shape index (κ1) is 19.8. The van der Waals surface area contributed by atoms with Crippen molar-refractivity contribution in [1.82, 2.24) is 4.57 Å². The number of primary sulfonamides is 1. The maximum Gasteiger partial charge on any atom is 0.496 e. The Kier molecular flexibility index (Phi) is 4.84. The predicted molar refractivity (Wildman–Crippen MR) is 103 cm³/mol. The van der Waals surface area contributed by atoms with Crippen molar-refractivity contribution >= 4 is 22.6 Å². The number of pyridine rings is 1. The third-order valence-electron chi connectivity index (χ3n) is 5.15. The van der Waals surface area contributed by atoms with Crippen LogP contribution >= 0.6 is 0 Å². The molecule has 0 spiro atoms. The van der Waals surface area contributed by atoms with Gasteiger partial charge in [-0.2, -0.15) is 0 Å². The number of benzene rings is 1. The van der Waals surface area contributed by atoms with Crippen molar-refractivity contribution in [3.8, 4) is 0 Å². The Morgan fingerprint density at radius 2 is 1.63 bits per heavy atom. The third-order valence-corrected chi connectivity index (χ3v) is 6.16. The molecule has 27 heavy (non-hydrogen) atoms. The van der Waals surface area contributed by atoms with Gasteiger partial charge in [0.25, 0.3) is 5.56 Å². The van der Waals surface area contributed by atoms with E-state index in [9.17, 15) is 13.2 Å². The number of hydrogen-bond donors (Lipinski definition) is 1. The largest absolute Gasteiger partial charge is 0.496 e. The van der Waals surface area contributed by atoms with E-state index in [0.717, 1.165) is 0 Å². The van der Waals surface area contributed by atoms with Crippen LogP contribution in [0.2, 0.25) is 0 Å². The molecule has 1 fully saturated rings. The van der Waals surface area contributed by atoms with Gasteiger partial charge in [-0.1, -0.05) is 24.3 Å². The number of nitrogens with two attached hydrogens (primary N) is 1. The lowest BCUT2D eigenvalue weighted by atomic mass is 9.80. The molecule has 144 valence electrons. The summed E-state index contributed by atoms with van der Waals surface area (Å²) in [6.45, 7) is 7.87. The molecule has 2 aromatic rings. The second-order valence-electron chi connectivity index (χ2n) is 7.67. The zero-order chi connectivity index (χ0) is 20.0. The smallest absolute Gasteiger partial charge is 0.399 e. The van der Waals surface area contributed by atoms with Gasteiger partial charge in [0.1, 0.15) is 0 Å². The van der Waals surface area contributed by atoms with Crippen LogP contribution in [0, 0.1) is 0 Å². The fraction of sp³-hybridized carbons (Fsp3) is 0.389. The average molecular weight is 390 g/mol. The van der Waals surface area contributed by atoms with Gasteiger partial charge in [0.15, 0.2) is 0 Å². The molecule has 0 bridgehead atoms. The highest BCUT2D eigenvalue weighted by atomic mass is 32.2. The van der Waals surface area contributed by atoms with Crippen LogP contribution < -0.4 is 16.2 Å². The predicted octanol–water partition coefficient (Wildman–Crippen LogP) is 0.843. The lowest BCUT2D eigenvalue weighted by Crippen LogP contribution is -2.41. The van der Waals surface area contributed by atoms with Crippen molar-refractivity contribution in [3.05, 3.63) is 58.5 Å². The van der Waals surface area contributed by atoms with E-state index >= 15 is 0 Å². The maximum absolute atomic E-state index is 12.3. The van der Waals surface area contributed by atoms with Crippen molar-refractivity contribution in [2.24, 2.45) is 5.14 Å². The molecule has 2 heterocycles. The molecular weight excluding hydrogens is 367 g/mol. The van der Waals surface area contributed by atoms with Crippen LogP contribution in [0.1, 0.15) is 33.3 Å². The molecule has 0 saturated carbocycles. The number of rotatable bonds is 4. The van der Waals surface area contributed by atoms with Crippen LogP contribution in [0.4, 0.5) is 0 Å². The van der Waals surface area contributed by atoms with Crippen molar-refractivity contribution in [2.75, 3.05) is 0 Å². The van der Waals surface area contributed by atoms with Crippen molar-refractivity contribution in [2.45, 2.75) is 50.3 Å². The van der Waals surface area contributed by atoms with Gasteiger partial charge < -0.3 is 13.9 Å². The van der Waals surface area contributed by atoms with Crippen molar-refractivity contribution in [1.29, 1.82) is 0 Å². The van der Waals surface area contributed by atoms with Gasteiger partial charge in [0.2, 0.25) is 10.0 Å². The summed E-state index contributed by atoms with van der Waals surface area (Å²) >= 11 is 0. The second-order valence-corrected chi connectivity index (χ2v) is 9.20. The third kappa shape index (κ3) is 3.86. The molecule has 1 aromatic heterocycles. The highest BCUT2D eigenvalue weighted by molar-refractivity contribution is 7.89. The number of hydrogen-bond acceptors (Lipinski definition) is 5. The van der Waals surface area contributed by atoms with Gasteiger partial charge in [0, 0.05) is 12.3 Å². The molecule has 0 atom stereocenters. The highest BCUT2D eigenvalue weighted by Gasteiger charge is 2.51. The molecule has 1 aromatic carbocycles. The number of aromatic nitrogens is 1. The molecule has 2 N–H and O–H groups in total. The van der Waals surface area contributed by atoms with Crippen molar-refractivity contribution in [3.63, 3.8) is 0 Å². The van der Waals surface area contributed by atoms with Gasteiger partial charge in [-0.05, 0) is 44.8 Å². The summed E-state index contributed by atoms with van der Waals surface area (Å²) in [6, 6.07) is 9.42. The van der Waals surface area contributed by atoms with Crippen LogP contribution in [0.3, 0.4) is 0 Å². The summed E-state index contributed by atoms with van der Waals surface area (Å²) in [5.74, 6) is 0. The molecule has 3 rings (SSSR count). The Labute approximate surface area is 159 Å². The van der Waals surface area contributed by atoms with E-state index in [1.807, 2.05) is 27.7 Å². The summed E-state index contributed by atoms with van der Waals surface area (Å²) in [4.78, 5) is 12.3.